The third-order valence-electron chi connectivity index (χ3n) is 4.70. The Hall–Kier alpha value is -2.37. The zero-order chi connectivity index (χ0) is 17.7. The summed E-state index contributed by atoms with van der Waals surface area (Å²) in [6.07, 6.45) is 1.54. The second kappa shape index (κ2) is 7.68. The van der Waals surface area contributed by atoms with Crippen LogP contribution in [0.25, 0.3) is 0 Å². The number of benzene rings is 2. The summed E-state index contributed by atoms with van der Waals surface area (Å²) in [7, 11) is 0. The molecule has 25 heavy (non-hydrogen) atoms. The number of aryl methyl sites for hydroxylation is 1. The van der Waals surface area contributed by atoms with Gasteiger partial charge in [-0.1, -0.05) is 42.5 Å². The SMILES string of the molecule is CCOCc1ccccc1NC(=O)NC1(CO)CCc2ccccc21. The van der Waals surface area contributed by atoms with Crippen LogP contribution in [0.1, 0.15) is 30.0 Å². The van der Waals surface area contributed by atoms with Gasteiger partial charge in [0.1, 0.15) is 0 Å². The maximum atomic E-state index is 12.6. The fraction of sp³-hybridized carbons (Fsp3) is 0.350. The Morgan fingerprint density at radius 1 is 1.20 bits per heavy atom. The van der Waals surface area contributed by atoms with Crippen LogP contribution in [0.3, 0.4) is 0 Å². The fourth-order valence-electron chi connectivity index (χ4n) is 3.37. The Balaban J connectivity index is 1.75. The minimum atomic E-state index is -0.727. The smallest absolute Gasteiger partial charge is 0.320 e. The van der Waals surface area contributed by atoms with Crippen LogP contribution in [-0.4, -0.2) is 24.4 Å². The predicted molar refractivity (Wildman–Crippen MR) is 97.5 cm³/mol. The molecule has 0 heterocycles. The van der Waals surface area contributed by atoms with Gasteiger partial charge in [-0.3, -0.25) is 0 Å². The van der Waals surface area contributed by atoms with E-state index >= 15 is 0 Å². The molecule has 1 aliphatic rings. The number of fused-ring (bicyclic) bond motifs is 1. The molecule has 2 aromatic rings. The molecule has 2 aromatic carbocycles. The molecule has 0 aliphatic heterocycles. The minimum Gasteiger partial charge on any atom is -0.394 e. The van der Waals surface area contributed by atoms with Crippen molar-refractivity contribution in [3.05, 3.63) is 65.2 Å². The van der Waals surface area contributed by atoms with Gasteiger partial charge in [-0.25, -0.2) is 4.79 Å². The number of anilines is 1. The van der Waals surface area contributed by atoms with Crippen molar-refractivity contribution in [2.75, 3.05) is 18.5 Å². The summed E-state index contributed by atoms with van der Waals surface area (Å²) in [6, 6.07) is 15.2. The van der Waals surface area contributed by atoms with Crippen LogP contribution in [-0.2, 0) is 23.3 Å². The summed E-state index contributed by atoms with van der Waals surface area (Å²) in [5, 5.41) is 15.9. The molecule has 2 amide bonds. The topological polar surface area (TPSA) is 70.6 Å². The van der Waals surface area contributed by atoms with Gasteiger partial charge in [0.25, 0.3) is 0 Å². The molecular weight excluding hydrogens is 316 g/mol. The van der Waals surface area contributed by atoms with Gasteiger partial charge in [0, 0.05) is 17.9 Å². The molecule has 3 rings (SSSR count). The monoisotopic (exact) mass is 340 g/mol. The average molecular weight is 340 g/mol. The van der Waals surface area contributed by atoms with E-state index in [2.05, 4.69) is 10.6 Å². The first kappa shape index (κ1) is 17.5. The summed E-state index contributed by atoms with van der Waals surface area (Å²) in [4.78, 5) is 12.6. The lowest BCUT2D eigenvalue weighted by molar-refractivity contribution is 0.134. The van der Waals surface area contributed by atoms with E-state index in [1.807, 2.05) is 55.5 Å². The van der Waals surface area contributed by atoms with Gasteiger partial charge in [-0.2, -0.15) is 0 Å². The van der Waals surface area contributed by atoms with Gasteiger partial charge in [0.15, 0.2) is 0 Å². The Morgan fingerprint density at radius 3 is 2.76 bits per heavy atom. The van der Waals surface area contributed by atoms with Crippen molar-refractivity contribution in [3.8, 4) is 0 Å². The van der Waals surface area contributed by atoms with Crippen LogP contribution in [0.15, 0.2) is 48.5 Å². The number of urea groups is 1. The summed E-state index contributed by atoms with van der Waals surface area (Å²) >= 11 is 0. The lowest BCUT2D eigenvalue weighted by atomic mass is 9.93. The summed E-state index contributed by atoms with van der Waals surface area (Å²) in [6.45, 7) is 2.87. The van der Waals surface area contributed by atoms with Gasteiger partial charge >= 0.3 is 6.03 Å². The van der Waals surface area contributed by atoms with Crippen LogP contribution < -0.4 is 10.6 Å². The first-order valence-electron chi connectivity index (χ1n) is 8.62. The van der Waals surface area contributed by atoms with Gasteiger partial charge in [-0.05, 0) is 37.0 Å². The third kappa shape index (κ3) is 3.67. The molecule has 1 aliphatic carbocycles. The first-order chi connectivity index (χ1) is 12.2. The van der Waals surface area contributed by atoms with Gasteiger partial charge in [0.2, 0.25) is 0 Å². The maximum Gasteiger partial charge on any atom is 0.320 e. The molecule has 3 N–H and O–H groups in total. The highest BCUT2D eigenvalue weighted by Gasteiger charge is 2.39. The number of para-hydroxylation sites is 1. The van der Waals surface area contributed by atoms with Gasteiger partial charge in [-0.15, -0.1) is 0 Å². The number of ether oxygens (including phenoxy) is 1. The van der Waals surface area contributed by atoms with E-state index in [1.165, 1.54) is 5.56 Å². The second-order valence-corrected chi connectivity index (χ2v) is 6.27. The standard InChI is InChI=1S/C20H24N2O3/c1-2-25-13-16-8-4-6-10-18(16)21-19(24)22-20(14-23)12-11-15-7-3-5-9-17(15)20/h3-10,23H,2,11-14H2,1H3,(H2,21,22,24). The molecule has 0 radical (unpaired) electrons. The van der Waals surface area contributed by atoms with E-state index in [-0.39, 0.29) is 12.6 Å². The second-order valence-electron chi connectivity index (χ2n) is 6.27. The number of amides is 2. The molecule has 0 fully saturated rings. The molecule has 0 spiro atoms. The zero-order valence-electron chi connectivity index (χ0n) is 14.4. The summed E-state index contributed by atoms with van der Waals surface area (Å²) < 4.78 is 5.45. The van der Waals surface area contributed by atoms with E-state index in [1.54, 1.807) is 0 Å². The Morgan fingerprint density at radius 2 is 1.96 bits per heavy atom. The minimum absolute atomic E-state index is 0.127. The number of hydrogen-bond acceptors (Lipinski definition) is 3. The molecule has 5 heteroatoms. The molecular formula is C20H24N2O3. The molecule has 132 valence electrons. The van der Waals surface area contributed by atoms with Crippen molar-refractivity contribution in [1.29, 1.82) is 0 Å². The number of hydrogen-bond donors (Lipinski definition) is 3. The van der Waals surface area contributed by atoms with Crippen molar-refractivity contribution in [2.24, 2.45) is 0 Å². The molecule has 0 bridgehead atoms. The van der Waals surface area contributed by atoms with Crippen LogP contribution in [0.4, 0.5) is 10.5 Å². The molecule has 0 aromatic heterocycles. The molecule has 0 saturated carbocycles. The highest BCUT2D eigenvalue weighted by atomic mass is 16.5. The number of aliphatic hydroxyl groups is 1. The normalized spacial score (nSPS) is 18.6. The number of carbonyl (C=O) groups is 1. The van der Waals surface area contributed by atoms with E-state index < -0.39 is 5.54 Å². The van der Waals surface area contributed by atoms with Crippen molar-refractivity contribution in [1.82, 2.24) is 5.32 Å². The Bertz CT molecular complexity index is 747. The van der Waals surface area contributed by atoms with E-state index in [9.17, 15) is 9.90 Å². The Labute approximate surface area is 148 Å². The van der Waals surface area contributed by atoms with E-state index in [0.29, 0.717) is 25.3 Å². The summed E-state index contributed by atoms with van der Waals surface area (Å²) in [5.74, 6) is 0. The number of nitrogens with one attached hydrogen (secondary N) is 2. The lowest BCUT2D eigenvalue weighted by Crippen LogP contribution is -2.49. The largest absolute Gasteiger partial charge is 0.394 e. The van der Waals surface area contributed by atoms with Crippen LogP contribution in [0, 0.1) is 0 Å². The summed E-state index contributed by atoms with van der Waals surface area (Å²) in [5.41, 5.74) is 3.08. The molecule has 5 nitrogen and oxygen atoms in total. The highest BCUT2D eigenvalue weighted by molar-refractivity contribution is 5.90. The Kier molecular flexibility index (Phi) is 5.36. The first-order valence-corrected chi connectivity index (χ1v) is 8.62. The van der Waals surface area contributed by atoms with Crippen molar-refractivity contribution >= 4 is 11.7 Å². The van der Waals surface area contributed by atoms with E-state index in [0.717, 1.165) is 17.5 Å². The quantitative estimate of drug-likeness (QED) is 0.756. The molecule has 0 saturated heterocycles. The molecule has 1 unspecified atom stereocenters. The van der Waals surface area contributed by atoms with E-state index in [4.69, 9.17) is 4.74 Å². The van der Waals surface area contributed by atoms with Crippen LogP contribution in [0.5, 0.6) is 0 Å². The van der Waals surface area contributed by atoms with Crippen molar-refractivity contribution in [2.45, 2.75) is 31.9 Å². The maximum absolute atomic E-state index is 12.6. The van der Waals surface area contributed by atoms with Crippen molar-refractivity contribution in [3.63, 3.8) is 0 Å². The van der Waals surface area contributed by atoms with Gasteiger partial charge in [0.05, 0.1) is 18.8 Å². The number of carbonyl (C=O) groups excluding carboxylic acids is 1. The average Bonchev–Trinajstić information content (AvgIpc) is 3.00. The van der Waals surface area contributed by atoms with Crippen LogP contribution in [0.2, 0.25) is 0 Å². The predicted octanol–water partition coefficient (Wildman–Crippen LogP) is 3.18. The number of rotatable bonds is 6. The zero-order valence-corrected chi connectivity index (χ0v) is 14.4. The third-order valence-corrected chi connectivity index (χ3v) is 4.70. The highest BCUT2D eigenvalue weighted by Crippen LogP contribution is 2.36. The number of aliphatic hydroxyl groups excluding tert-OH is 1. The fourth-order valence-corrected chi connectivity index (χ4v) is 3.37. The lowest BCUT2D eigenvalue weighted by Gasteiger charge is -2.30. The van der Waals surface area contributed by atoms with Crippen LogP contribution >= 0.6 is 0 Å². The van der Waals surface area contributed by atoms with Gasteiger partial charge < -0.3 is 20.5 Å². The van der Waals surface area contributed by atoms with Crippen molar-refractivity contribution < 1.29 is 14.6 Å². The molecule has 1 atom stereocenters.